The van der Waals surface area contributed by atoms with Crippen molar-refractivity contribution in [2.75, 3.05) is 25.0 Å². The number of piperidine rings is 1. The van der Waals surface area contributed by atoms with Crippen LogP contribution in [0.5, 0.6) is 0 Å². The molecule has 6 heteroatoms. The highest BCUT2D eigenvalue weighted by Crippen LogP contribution is 2.20. The summed E-state index contributed by atoms with van der Waals surface area (Å²) >= 11 is 0. The zero-order valence-corrected chi connectivity index (χ0v) is 14.8. The van der Waals surface area contributed by atoms with Crippen molar-refractivity contribution in [2.24, 2.45) is 0 Å². The third-order valence-corrected chi connectivity index (χ3v) is 6.29. The van der Waals surface area contributed by atoms with Gasteiger partial charge in [0.15, 0.2) is 0 Å². The number of H-pyrrole nitrogens is 1. The Morgan fingerprint density at radius 3 is 2.38 bits per heavy atom. The number of hydrogen-bond donors (Lipinski definition) is 0. The normalized spacial score (nSPS) is 16.0. The number of anilines is 1. The molecule has 1 aliphatic rings. The second kappa shape index (κ2) is 7.32. The third kappa shape index (κ3) is 3.76. The first-order valence-electron chi connectivity index (χ1n) is 8.34. The minimum atomic E-state index is -3.38. The molecule has 0 aliphatic carbocycles. The van der Waals surface area contributed by atoms with E-state index in [9.17, 15) is 8.42 Å². The molecule has 0 unspecified atom stereocenters. The lowest BCUT2D eigenvalue weighted by Gasteiger charge is -2.25. The van der Waals surface area contributed by atoms with E-state index < -0.39 is 10.0 Å². The van der Waals surface area contributed by atoms with Gasteiger partial charge in [-0.1, -0.05) is 36.8 Å². The van der Waals surface area contributed by atoms with Crippen LogP contribution in [0.25, 0.3) is 0 Å². The van der Waals surface area contributed by atoms with E-state index in [-0.39, 0.29) is 0 Å². The Morgan fingerprint density at radius 1 is 1.04 bits per heavy atom. The Bertz CT molecular complexity index is 755. The van der Waals surface area contributed by atoms with Crippen LogP contribution in [-0.4, -0.2) is 32.9 Å². The van der Waals surface area contributed by atoms with Gasteiger partial charge < -0.3 is 0 Å². The molecule has 1 aliphatic heterocycles. The van der Waals surface area contributed by atoms with E-state index in [4.69, 9.17) is 0 Å². The molecule has 24 heavy (non-hydrogen) atoms. The second-order valence-electron chi connectivity index (χ2n) is 6.22. The van der Waals surface area contributed by atoms with Gasteiger partial charge in [0.2, 0.25) is 10.0 Å². The molecule has 2 heterocycles. The molecule has 0 amide bonds. The van der Waals surface area contributed by atoms with Crippen LogP contribution < -0.4 is 9.88 Å². The first-order valence-corrected chi connectivity index (χ1v) is 9.78. The zero-order chi connectivity index (χ0) is 17.0. The molecule has 1 aromatic carbocycles. The predicted octanol–water partition coefficient (Wildman–Crippen LogP) is 2.31. The average molecular weight is 346 g/mol. The van der Waals surface area contributed by atoms with Gasteiger partial charge in [-0.05, 0) is 24.5 Å². The molecule has 0 atom stereocenters. The standard InChI is InChI=1S/C18H23N3O2S/c1-20(15-16-8-4-2-5-9-16)18-11-10-17(14-19-18)24(22,23)21-12-6-3-7-13-21/h2,4-5,8-11,14H,3,6-7,12-13,15H2,1H3/p+1. The van der Waals surface area contributed by atoms with Crippen molar-refractivity contribution < 1.29 is 13.4 Å². The van der Waals surface area contributed by atoms with Crippen LogP contribution in [0.1, 0.15) is 24.8 Å². The van der Waals surface area contributed by atoms with Gasteiger partial charge in [0.05, 0.1) is 7.05 Å². The molecule has 1 fully saturated rings. The zero-order valence-electron chi connectivity index (χ0n) is 14.0. The average Bonchev–Trinajstić information content (AvgIpc) is 2.63. The number of benzene rings is 1. The molecule has 1 N–H and O–H groups in total. The van der Waals surface area contributed by atoms with E-state index in [1.165, 1.54) is 5.56 Å². The molecule has 128 valence electrons. The van der Waals surface area contributed by atoms with Gasteiger partial charge in [-0.2, -0.15) is 4.31 Å². The van der Waals surface area contributed by atoms with Crippen LogP contribution in [0.15, 0.2) is 53.6 Å². The van der Waals surface area contributed by atoms with Crippen molar-refractivity contribution >= 4 is 15.8 Å². The van der Waals surface area contributed by atoms with Gasteiger partial charge in [0.25, 0.3) is 5.82 Å². The Kier molecular flexibility index (Phi) is 5.16. The molecule has 1 saturated heterocycles. The Balaban J connectivity index is 1.73. The van der Waals surface area contributed by atoms with Gasteiger partial charge in [0, 0.05) is 19.2 Å². The van der Waals surface area contributed by atoms with Gasteiger partial charge in [0.1, 0.15) is 17.6 Å². The van der Waals surface area contributed by atoms with Crippen molar-refractivity contribution in [2.45, 2.75) is 30.7 Å². The number of pyridine rings is 1. The van der Waals surface area contributed by atoms with Crippen LogP contribution in [0.2, 0.25) is 0 Å². The number of nitrogens with one attached hydrogen (secondary N) is 1. The van der Waals surface area contributed by atoms with Crippen LogP contribution in [0.3, 0.4) is 0 Å². The quantitative estimate of drug-likeness (QED) is 0.835. The van der Waals surface area contributed by atoms with E-state index in [0.717, 1.165) is 31.6 Å². The van der Waals surface area contributed by atoms with Crippen molar-refractivity contribution in [1.29, 1.82) is 0 Å². The number of hydrogen-bond acceptors (Lipinski definition) is 3. The smallest absolute Gasteiger partial charge is 0.260 e. The summed E-state index contributed by atoms with van der Waals surface area (Å²) in [7, 11) is -1.40. The van der Waals surface area contributed by atoms with Gasteiger partial charge in [-0.3, -0.25) is 4.90 Å². The highest BCUT2D eigenvalue weighted by atomic mass is 32.2. The molecule has 1 aromatic heterocycles. The van der Waals surface area contributed by atoms with E-state index in [2.05, 4.69) is 22.0 Å². The lowest BCUT2D eigenvalue weighted by Crippen LogP contribution is -2.36. The summed E-state index contributed by atoms with van der Waals surface area (Å²) < 4.78 is 26.9. The Hall–Kier alpha value is -1.92. The molecule has 0 radical (unpaired) electrons. The van der Waals surface area contributed by atoms with Crippen molar-refractivity contribution in [3.8, 4) is 0 Å². The largest absolute Gasteiger partial charge is 0.274 e. The molecule has 5 nitrogen and oxygen atoms in total. The van der Waals surface area contributed by atoms with Crippen LogP contribution in [0, 0.1) is 0 Å². The first kappa shape index (κ1) is 16.9. The van der Waals surface area contributed by atoms with Gasteiger partial charge in [-0.25, -0.2) is 13.4 Å². The number of nitrogens with zero attached hydrogens (tertiary/aromatic N) is 2. The maximum atomic E-state index is 12.7. The predicted molar refractivity (Wildman–Crippen MR) is 94.2 cm³/mol. The lowest BCUT2D eigenvalue weighted by molar-refractivity contribution is -0.367. The maximum Gasteiger partial charge on any atom is 0.274 e. The van der Waals surface area contributed by atoms with Crippen LogP contribution >= 0.6 is 0 Å². The summed E-state index contributed by atoms with van der Waals surface area (Å²) in [5, 5.41) is 0. The fraction of sp³-hybridized carbons (Fsp3) is 0.389. The summed E-state index contributed by atoms with van der Waals surface area (Å²) in [4.78, 5) is 5.52. The number of aromatic nitrogens is 1. The highest BCUT2D eigenvalue weighted by molar-refractivity contribution is 7.89. The number of rotatable bonds is 5. The number of sulfonamides is 1. The molecular formula is C18H24N3O2S+. The van der Waals surface area contributed by atoms with Gasteiger partial charge in [-0.15, -0.1) is 0 Å². The topological polar surface area (TPSA) is 54.8 Å². The monoisotopic (exact) mass is 346 g/mol. The van der Waals surface area contributed by atoms with E-state index in [0.29, 0.717) is 18.0 Å². The SMILES string of the molecule is CN(Cc1ccccc1)c1ccc(S(=O)(=O)N2CCCCC2)c[nH+]1. The fourth-order valence-corrected chi connectivity index (χ4v) is 4.48. The van der Waals surface area contributed by atoms with Crippen molar-refractivity contribution in [3.05, 3.63) is 54.2 Å². The summed E-state index contributed by atoms with van der Waals surface area (Å²) in [6.45, 7) is 2.01. The Labute approximate surface area is 144 Å². The molecular weight excluding hydrogens is 322 g/mol. The summed E-state index contributed by atoms with van der Waals surface area (Å²) in [5.74, 6) is 0.886. The fourth-order valence-electron chi connectivity index (χ4n) is 3.00. The molecule has 0 saturated carbocycles. The summed E-state index contributed by atoms with van der Waals surface area (Å²) in [6.07, 6.45) is 4.60. The minimum absolute atomic E-state index is 0.335. The Morgan fingerprint density at radius 2 is 1.75 bits per heavy atom. The molecule has 3 rings (SSSR count). The summed E-state index contributed by atoms with van der Waals surface area (Å²) in [5.41, 5.74) is 1.21. The number of aromatic amines is 1. The van der Waals surface area contributed by atoms with E-state index in [1.54, 1.807) is 16.6 Å². The van der Waals surface area contributed by atoms with E-state index >= 15 is 0 Å². The second-order valence-corrected chi connectivity index (χ2v) is 8.15. The molecule has 0 bridgehead atoms. The van der Waals surface area contributed by atoms with Crippen molar-refractivity contribution in [1.82, 2.24) is 4.31 Å². The maximum absolute atomic E-state index is 12.7. The van der Waals surface area contributed by atoms with Crippen molar-refractivity contribution in [3.63, 3.8) is 0 Å². The van der Waals surface area contributed by atoms with Crippen LogP contribution in [0.4, 0.5) is 5.82 Å². The summed E-state index contributed by atoms with van der Waals surface area (Å²) in [6, 6.07) is 13.7. The highest BCUT2D eigenvalue weighted by Gasteiger charge is 2.27. The van der Waals surface area contributed by atoms with Crippen LogP contribution in [-0.2, 0) is 16.6 Å². The van der Waals surface area contributed by atoms with Gasteiger partial charge >= 0.3 is 0 Å². The third-order valence-electron chi connectivity index (χ3n) is 4.39. The van der Waals surface area contributed by atoms with E-state index in [1.807, 2.05) is 31.3 Å². The lowest BCUT2D eigenvalue weighted by atomic mass is 10.2. The minimum Gasteiger partial charge on any atom is -0.260 e. The molecule has 0 spiro atoms. The molecule has 2 aromatic rings. The first-order chi connectivity index (χ1) is 11.6.